The third-order valence-electron chi connectivity index (χ3n) is 4.40. The molecule has 0 saturated heterocycles. The first-order chi connectivity index (χ1) is 15.3. The van der Waals surface area contributed by atoms with E-state index in [2.05, 4.69) is 20.4 Å². The number of nitrogens with zero attached hydrogens (tertiary/aromatic N) is 4. The van der Waals surface area contributed by atoms with Gasteiger partial charge in [0.2, 0.25) is 0 Å². The zero-order valence-electron chi connectivity index (χ0n) is 16.7. The molecule has 0 aliphatic heterocycles. The molecule has 162 valence electrons. The van der Waals surface area contributed by atoms with Gasteiger partial charge in [-0.05, 0) is 43.3 Å². The first-order valence-electron chi connectivity index (χ1n) is 9.40. The second-order valence-corrected chi connectivity index (χ2v) is 7.80. The maximum Gasteiger partial charge on any atom is 0.434 e. The second kappa shape index (κ2) is 8.83. The smallest absolute Gasteiger partial charge is 0.322 e. The number of pyridine rings is 2. The topological polar surface area (TPSA) is 72.7 Å². The van der Waals surface area contributed by atoms with E-state index in [1.807, 2.05) is 13.0 Å². The highest BCUT2D eigenvalue weighted by Gasteiger charge is 2.40. The van der Waals surface area contributed by atoms with Crippen molar-refractivity contribution in [2.45, 2.75) is 23.2 Å². The zero-order valence-corrected chi connectivity index (χ0v) is 17.5. The van der Waals surface area contributed by atoms with Crippen molar-refractivity contribution >= 4 is 23.4 Å². The molecule has 1 N–H and O–H groups in total. The quantitative estimate of drug-likeness (QED) is 0.437. The fraction of sp³-hybridized carbons (Fsp3) is 0.0909. The van der Waals surface area contributed by atoms with E-state index < -0.39 is 23.3 Å². The Morgan fingerprint density at radius 3 is 2.44 bits per heavy atom. The lowest BCUT2D eigenvalue weighted by Crippen LogP contribution is -2.20. The van der Waals surface area contributed by atoms with Gasteiger partial charge in [-0.15, -0.1) is 0 Å². The lowest BCUT2D eigenvalue weighted by Gasteiger charge is -2.13. The molecule has 0 spiro atoms. The van der Waals surface area contributed by atoms with Crippen molar-refractivity contribution in [2.75, 3.05) is 5.32 Å². The van der Waals surface area contributed by atoms with E-state index in [0.29, 0.717) is 15.7 Å². The average Bonchev–Trinajstić information content (AvgIpc) is 3.21. The van der Waals surface area contributed by atoms with Crippen LogP contribution in [-0.4, -0.2) is 25.7 Å². The summed E-state index contributed by atoms with van der Waals surface area (Å²) < 4.78 is 42.3. The van der Waals surface area contributed by atoms with Crippen molar-refractivity contribution in [1.82, 2.24) is 19.7 Å². The van der Waals surface area contributed by atoms with Crippen LogP contribution in [0.2, 0.25) is 0 Å². The van der Waals surface area contributed by atoms with Crippen LogP contribution in [0, 0.1) is 6.92 Å². The molecule has 0 unspecified atom stereocenters. The Bertz CT molecular complexity index is 1240. The molecule has 0 saturated carbocycles. The number of amides is 1. The highest BCUT2D eigenvalue weighted by Crippen LogP contribution is 2.34. The van der Waals surface area contributed by atoms with Gasteiger partial charge in [-0.2, -0.15) is 18.3 Å². The minimum Gasteiger partial charge on any atom is -0.322 e. The van der Waals surface area contributed by atoms with Crippen molar-refractivity contribution in [1.29, 1.82) is 0 Å². The summed E-state index contributed by atoms with van der Waals surface area (Å²) in [5.74, 6) is -0.921. The van der Waals surface area contributed by atoms with Gasteiger partial charge in [0.15, 0.2) is 5.69 Å². The predicted octanol–water partition coefficient (Wildman–Crippen LogP) is 5.39. The molecule has 0 aliphatic carbocycles. The minimum absolute atomic E-state index is 0.208. The van der Waals surface area contributed by atoms with Gasteiger partial charge in [-0.1, -0.05) is 35.5 Å². The Morgan fingerprint density at radius 2 is 1.75 bits per heavy atom. The fourth-order valence-corrected chi connectivity index (χ4v) is 3.70. The summed E-state index contributed by atoms with van der Waals surface area (Å²) in [6, 6.07) is 14.9. The molecule has 4 aromatic rings. The number of carbonyl (C=O) groups is 1. The van der Waals surface area contributed by atoms with Crippen LogP contribution >= 0.6 is 11.8 Å². The molecule has 1 amide bonds. The molecule has 0 bridgehead atoms. The monoisotopic (exact) mass is 455 g/mol. The minimum atomic E-state index is -4.79. The molecule has 3 aromatic heterocycles. The largest absolute Gasteiger partial charge is 0.434 e. The number of carbonyl (C=O) groups excluding carboxylic acids is 1. The molecule has 10 heteroatoms. The zero-order chi connectivity index (χ0) is 22.7. The molecular formula is C22H16F3N5OS. The molecule has 4 rings (SSSR count). The maximum absolute atomic E-state index is 13.9. The number of benzene rings is 1. The van der Waals surface area contributed by atoms with E-state index in [-0.39, 0.29) is 5.69 Å². The van der Waals surface area contributed by atoms with Gasteiger partial charge in [0.1, 0.15) is 10.1 Å². The van der Waals surface area contributed by atoms with Gasteiger partial charge < -0.3 is 5.32 Å². The number of anilines is 1. The predicted molar refractivity (Wildman–Crippen MR) is 114 cm³/mol. The molecule has 0 aliphatic rings. The van der Waals surface area contributed by atoms with Crippen molar-refractivity contribution in [2.24, 2.45) is 0 Å². The van der Waals surface area contributed by atoms with E-state index in [0.717, 1.165) is 16.4 Å². The average molecular weight is 455 g/mol. The Hall–Kier alpha value is -3.66. The molecule has 3 heterocycles. The van der Waals surface area contributed by atoms with Crippen LogP contribution in [0.25, 0.3) is 5.69 Å². The summed E-state index contributed by atoms with van der Waals surface area (Å²) in [4.78, 5) is 21.1. The standard InChI is InChI=1S/C22H16F3N5OS/c1-14-5-7-16(8-6-14)30-20(22(23,24)25)17(13-28-30)21(31)29-15-9-11-27-19(12-15)32-18-4-2-3-10-26-18/h2-13H,1H3,(H,27,29,31). The Morgan fingerprint density at radius 1 is 1.00 bits per heavy atom. The third kappa shape index (κ3) is 4.80. The molecule has 32 heavy (non-hydrogen) atoms. The highest BCUT2D eigenvalue weighted by molar-refractivity contribution is 7.99. The van der Waals surface area contributed by atoms with Gasteiger partial charge in [0.05, 0.1) is 17.4 Å². The third-order valence-corrected chi connectivity index (χ3v) is 5.28. The summed E-state index contributed by atoms with van der Waals surface area (Å²) in [5.41, 5.74) is -0.311. The maximum atomic E-state index is 13.9. The number of nitrogens with one attached hydrogen (secondary N) is 1. The summed E-state index contributed by atoms with van der Waals surface area (Å²) in [6.45, 7) is 1.82. The van der Waals surface area contributed by atoms with Crippen LogP contribution in [0.3, 0.4) is 0 Å². The normalized spacial score (nSPS) is 11.4. The van der Waals surface area contributed by atoms with E-state index in [9.17, 15) is 18.0 Å². The van der Waals surface area contributed by atoms with Gasteiger partial charge in [0, 0.05) is 18.1 Å². The first-order valence-corrected chi connectivity index (χ1v) is 10.2. The number of hydrogen-bond acceptors (Lipinski definition) is 5. The van der Waals surface area contributed by atoms with E-state index in [1.54, 1.807) is 36.5 Å². The molecule has 0 atom stereocenters. The first kappa shape index (κ1) is 21.6. The van der Waals surface area contributed by atoms with E-state index in [1.165, 1.54) is 36.2 Å². The van der Waals surface area contributed by atoms with E-state index in [4.69, 9.17) is 0 Å². The van der Waals surface area contributed by atoms with E-state index >= 15 is 0 Å². The van der Waals surface area contributed by atoms with Crippen molar-refractivity contribution < 1.29 is 18.0 Å². The van der Waals surface area contributed by atoms with Crippen molar-refractivity contribution in [3.05, 3.63) is 90.0 Å². The number of aryl methyl sites for hydroxylation is 1. The lowest BCUT2D eigenvalue weighted by atomic mass is 10.2. The Kier molecular flexibility index (Phi) is 5.95. The molecule has 0 fully saturated rings. The molecule has 1 aromatic carbocycles. The highest BCUT2D eigenvalue weighted by atomic mass is 32.2. The van der Waals surface area contributed by atoms with Crippen LogP contribution in [-0.2, 0) is 6.18 Å². The summed E-state index contributed by atoms with van der Waals surface area (Å²) >= 11 is 1.26. The molecular weight excluding hydrogens is 439 g/mol. The van der Waals surface area contributed by atoms with Crippen LogP contribution in [0.15, 0.2) is 83.2 Å². The Labute approximate surface area is 185 Å². The molecule has 0 radical (unpaired) electrons. The van der Waals surface area contributed by atoms with Crippen LogP contribution in [0.5, 0.6) is 0 Å². The van der Waals surface area contributed by atoms with Gasteiger partial charge in [-0.25, -0.2) is 14.6 Å². The number of rotatable bonds is 5. The summed E-state index contributed by atoms with van der Waals surface area (Å²) in [6.07, 6.45) is -0.769. The van der Waals surface area contributed by atoms with Crippen LogP contribution in [0.1, 0.15) is 21.6 Å². The summed E-state index contributed by atoms with van der Waals surface area (Å²) in [5, 5.41) is 7.57. The number of hydrogen-bond donors (Lipinski definition) is 1. The summed E-state index contributed by atoms with van der Waals surface area (Å²) in [7, 11) is 0. The van der Waals surface area contributed by atoms with Crippen molar-refractivity contribution in [3.63, 3.8) is 0 Å². The van der Waals surface area contributed by atoms with Crippen molar-refractivity contribution in [3.8, 4) is 5.69 Å². The SMILES string of the molecule is Cc1ccc(-n2ncc(C(=O)Nc3ccnc(Sc4ccccn4)c3)c2C(F)(F)F)cc1. The number of aromatic nitrogens is 4. The van der Waals surface area contributed by atoms with Gasteiger partial charge in [0.25, 0.3) is 5.91 Å². The van der Waals surface area contributed by atoms with Crippen LogP contribution < -0.4 is 5.32 Å². The van der Waals surface area contributed by atoms with Crippen LogP contribution in [0.4, 0.5) is 18.9 Å². The lowest BCUT2D eigenvalue weighted by molar-refractivity contribution is -0.143. The number of halogens is 3. The Balaban J connectivity index is 1.61. The molecule has 6 nitrogen and oxygen atoms in total. The number of alkyl halides is 3. The van der Waals surface area contributed by atoms with Gasteiger partial charge >= 0.3 is 6.18 Å². The fourth-order valence-electron chi connectivity index (χ4n) is 2.93. The van der Waals surface area contributed by atoms with Gasteiger partial charge in [-0.3, -0.25) is 4.79 Å². The second-order valence-electron chi connectivity index (χ2n) is 6.76.